The lowest BCUT2D eigenvalue weighted by molar-refractivity contribution is -0.383. The van der Waals surface area contributed by atoms with E-state index in [0.29, 0.717) is 12.4 Å². The molecule has 0 spiro atoms. The first-order valence-electron chi connectivity index (χ1n) is 7.85. The Bertz CT molecular complexity index is 527. The zero-order valence-electron chi connectivity index (χ0n) is 12.5. The topological polar surface area (TPSA) is 93.4 Å². The summed E-state index contributed by atoms with van der Waals surface area (Å²) in [6.45, 7) is 2.92. The number of nitro groups is 1. The predicted octanol–water partition coefficient (Wildman–Crippen LogP) is 1.97. The van der Waals surface area contributed by atoms with Gasteiger partial charge < -0.3 is 15.0 Å². The molecule has 2 saturated heterocycles. The number of piperidine rings is 1. The molecule has 3 heterocycles. The predicted molar refractivity (Wildman–Crippen MR) is 82.2 cm³/mol. The fraction of sp³-hybridized carbons (Fsp3) is 0.714. The van der Waals surface area contributed by atoms with Gasteiger partial charge in [0.25, 0.3) is 0 Å². The van der Waals surface area contributed by atoms with Crippen molar-refractivity contribution >= 4 is 17.3 Å². The van der Waals surface area contributed by atoms with Gasteiger partial charge in [0.1, 0.15) is 6.33 Å². The summed E-state index contributed by atoms with van der Waals surface area (Å²) in [6.07, 6.45) is 6.77. The monoisotopic (exact) mass is 307 g/mol. The highest BCUT2D eigenvalue weighted by Gasteiger charge is 2.28. The molecule has 0 aromatic carbocycles. The average molecular weight is 307 g/mol. The van der Waals surface area contributed by atoms with Gasteiger partial charge in [-0.05, 0) is 32.1 Å². The number of aromatic nitrogens is 2. The second kappa shape index (κ2) is 6.87. The second-order valence-electron chi connectivity index (χ2n) is 5.72. The lowest BCUT2D eigenvalue weighted by Crippen LogP contribution is -2.31. The van der Waals surface area contributed by atoms with Crippen LogP contribution in [0.3, 0.4) is 0 Å². The minimum atomic E-state index is -0.387. The first kappa shape index (κ1) is 15.0. The van der Waals surface area contributed by atoms with E-state index >= 15 is 0 Å². The number of anilines is 2. The van der Waals surface area contributed by atoms with Crippen molar-refractivity contribution < 1.29 is 9.66 Å². The molecule has 8 nitrogen and oxygen atoms in total. The van der Waals surface area contributed by atoms with Crippen molar-refractivity contribution in [1.82, 2.24) is 9.97 Å². The first-order valence-corrected chi connectivity index (χ1v) is 7.85. The maximum atomic E-state index is 11.5. The van der Waals surface area contributed by atoms with Crippen LogP contribution < -0.4 is 10.2 Å². The van der Waals surface area contributed by atoms with E-state index in [0.717, 1.165) is 45.4 Å². The Morgan fingerprint density at radius 1 is 1.32 bits per heavy atom. The molecule has 3 rings (SSSR count). The van der Waals surface area contributed by atoms with Crippen LogP contribution in [0.2, 0.25) is 0 Å². The summed E-state index contributed by atoms with van der Waals surface area (Å²) in [7, 11) is 0. The van der Waals surface area contributed by atoms with Crippen LogP contribution >= 0.6 is 0 Å². The number of ether oxygens (including phenoxy) is 1. The minimum Gasteiger partial charge on any atom is -0.376 e. The standard InChI is InChI=1S/C14H21N5O3/c20-19(21)12-13(15-9-11-5-4-8-22-11)16-10-17-14(12)18-6-2-1-3-7-18/h10-11H,1-9H2,(H,15,16,17). The van der Waals surface area contributed by atoms with Gasteiger partial charge in [-0.25, -0.2) is 9.97 Å². The summed E-state index contributed by atoms with van der Waals surface area (Å²) in [4.78, 5) is 21.3. The minimum absolute atomic E-state index is 0.0256. The fourth-order valence-electron chi connectivity index (χ4n) is 3.02. The Balaban J connectivity index is 1.80. The number of nitrogens with one attached hydrogen (secondary N) is 1. The van der Waals surface area contributed by atoms with Crippen molar-refractivity contribution in [2.75, 3.05) is 36.5 Å². The molecule has 0 aliphatic carbocycles. The Labute approximate surface area is 129 Å². The van der Waals surface area contributed by atoms with E-state index in [1.807, 2.05) is 4.90 Å². The lowest BCUT2D eigenvalue weighted by Gasteiger charge is -2.27. The first-order chi connectivity index (χ1) is 10.8. The van der Waals surface area contributed by atoms with E-state index in [2.05, 4.69) is 15.3 Å². The zero-order valence-corrected chi connectivity index (χ0v) is 12.5. The molecule has 0 saturated carbocycles. The molecule has 2 aliphatic rings. The quantitative estimate of drug-likeness (QED) is 0.656. The number of nitrogens with zero attached hydrogens (tertiary/aromatic N) is 4. The zero-order chi connectivity index (χ0) is 15.4. The third-order valence-electron chi connectivity index (χ3n) is 4.16. The Hall–Kier alpha value is -1.96. The van der Waals surface area contributed by atoms with Crippen LogP contribution in [0.25, 0.3) is 0 Å². The van der Waals surface area contributed by atoms with Crippen molar-refractivity contribution in [3.63, 3.8) is 0 Å². The third-order valence-corrected chi connectivity index (χ3v) is 4.16. The van der Waals surface area contributed by atoms with Crippen LogP contribution in [0, 0.1) is 10.1 Å². The van der Waals surface area contributed by atoms with Crippen molar-refractivity contribution in [2.24, 2.45) is 0 Å². The van der Waals surface area contributed by atoms with Crippen LogP contribution in [0.15, 0.2) is 6.33 Å². The maximum absolute atomic E-state index is 11.5. The van der Waals surface area contributed by atoms with Crippen LogP contribution in [0.1, 0.15) is 32.1 Å². The molecule has 0 bridgehead atoms. The van der Waals surface area contributed by atoms with E-state index in [-0.39, 0.29) is 22.5 Å². The highest BCUT2D eigenvalue weighted by Crippen LogP contribution is 2.33. The molecule has 2 aliphatic heterocycles. The summed E-state index contributed by atoms with van der Waals surface area (Å²) in [6, 6.07) is 0. The van der Waals surface area contributed by atoms with Crippen LogP contribution in [-0.4, -0.2) is 47.2 Å². The van der Waals surface area contributed by atoms with Crippen molar-refractivity contribution in [3.05, 3.63) is 16.4 Å². The van der Waals surface area contributed by atoms with Gasteiger partial charge in [-0.3, -0.25) is 10.1 Å². The van der Waals surface area contributed by atoms with Crippen LogP contribution in [-0.2, 0) is 4.74 Å². The summed E-state index contributed by atoms with van der Waals surface area (Å²) in [5, 5.41) is 14.6. The van der Waals surface area contributed by atoms with Gasteiger partial charge in [-0.2, -0.15) is 0 Å². The Kier molecular flexibility index (Phi) is 4.67. The van der Waals surface area contributed by atoms with E-state index < -0.39 is 0 Å². The molecular weight excluding hydrogens is 286 g/mol. The van der Waals surface area contributed by atoms with Crippen molar-refractivity contribution in [2.45, 2.75) is 38.2 Å². The Morgan fingerprint density at radius 2 is 2.14 bits per heavy atom. The van der Waals surface area contributed by atoms with Gasteiger partial charge in [-0.15, -0.1) is 0 Å². The smallest absolute Gasteiger partial charge is 0.353 e. The second-order valence-corrected chi connectivity index (χ2v) is 5.72. The summed E-state index contributed by atoms with van der Waals surface area (Å²) in [5.74, 6) is 0.714. The highest BCUT2D eigenvalue weighted by molar-refractivity contribution is 5.70. The molecule has 1 aromatic rings. The Morgan fingerprint density at radius 3 is 2.82 bits per heavy atom. The average Bonchev–Trinajstić information content (AvgIpc) is 3.06. The SMILES string of the molecule is O=[N+]([O-])c1c(NCC2CCCO2)ncnc1N1CCCCC1. The van der Waals surface area contributed by atoms with Gasteiger partial charge >= 0.3 is 5.69 Å². The molecule has 0 amide bonds. The molecule has 120 valence electrons. The van der Waals surface area contributed by atoms with Crippen molar-refractivity contribution in [3.8, 4) is 0 Å². The molecule has 0 radical (unpaired) electrons. The van der Waals surface area contributed by atoms with Gasteiger partial charge in [0.15, 0.2) is 0 Å². The molecule has 1 N–H and O–H groups in total. The summed E-state index contributed by atoms with van der Waals surface area (Å²) < 4.78 is 5.54. The molecule has 8 heteroatoms. The summed E-state index contributed by atoms with van der Waals surface area (Å²) >= 11 is 0. The molecule has 1 atom stereocenters. The van der Waals surface area contributed by atoms with Crippen LogP contribution in [0.4, 0.5) is 17.3 Å². The van der Waals surface area contributed by atoms with Crippen molar-refractivity contribution in [1.29, 1.82) is 0 Å². The van der Waals surface area contributed by atoms with Gasteiger partial charge in [0.05, 0.1) is 11.0 Å². The number of hydrogen-bond acceptors (Lipinski definition) is 7. The van der Waals surface area contributed by atoms with E-state index in [1.165, 1.54) is 12.7 Å². The summed E-state index contributed by atoms with van der Waals surface area (Å²) in [5.41, 5.74) is -0.0256. The largest absolute Gasteiger partial charge is 0.376 e. The maximum Gasteiger partial charge on any atom is 0.353 e. The fourth-order valence-corrected chi connectivity index (χ4v) is 3.02. The highest BCUT2D eigenvalue weighted by atomic mass is 16.6. The van der Waals surface area contributed by atoms with E-state index in [9.17, 15) is 10.1 Å². The molecule has 1 unspecified atom stereocenters. The van der Waals surface area contributed by atoms with Gasteiger partial charge in [0, 0.05) is 26.2 Å². The van der Waals surface area contributed by atoms with E-state index in [4.69, 9.17) is 4.74 Å². The normalized spacial score (nSPS) is 21.8. The van der Waals surface area contributed by atoms with E-state index in [1.54, 1.807) is 0 Å². The van der Waals surface area contributed by atoms with Gasteiger partial charge in [-0.1, -0.05) is 0 Å². The van der Waals surface area contributed by atoms with Gasteiger partial charge in [0.2, 0.25) is 11.6 Å². The third kappa shape index (κ3) is 3.27. The molecule has 1 aromatic heterocycles. The number of rotatable bonds is 5. The molecule has 2 fully saturated rings. The molecule has 22 heavy (non-hydrogen) atoms. The van der Waals surface area contributed by atoms with Crippen LogP contribution in [0.5, 0.6) is 0 Å². The molecular formula is C14H21N5O3. The lowest BCUT2D eigenvalue weighted by atomic mass is 10.1. The number of hydrogen-bond donors (Lipinski definition) is 1.